The third kappa shape index (κ3) is 6.04. The molecule has 0 aliphatic carbocycles. The van der Waals surface area contributed by atoms with Crippen molar-refractivity contribution in [3.8, 4) is 0 Å². The van der Waals surface area contributed by atoms with Crippen molar-refractivity contribution >= 4 is 0 Å². The van der Waals surface area contributed by atoms with Crippen LogP contribution in [-0.2, 0) is 9.47 Å². The molecule has 0 saturated carbocycles. The van der Waals surface area contributed by atoms with Gasteiger partial charge in [-0.05, 0) is 17.9 Å². The van der Waals surface area contributed by atoms with Crippen molar-refractivity contribution in [1.29, 1.82) is 0 Å². The highest BCUT2D eigenvalue weighted by Gasteiger charge is 2.24. The number of aliphatic hydroxyl groups is 1. The van der Waals surface area contributed by atoms with Gasteiger partial charge in [0, 0.05) is 6.61 Å². The zero-order valence-corrected chi connectivity index (χ0v) is 12.9. The quantitative estimate of drug-likeness (QED) is 0.666. The molecule has 0 fully saturated rings. The maximum Gasteiger partial charge on any atom is 0.105 e. The first-order chi connectivity index (χ1) is 9.66. The normalized spacial score (nSPS) is 14.4. The van der Waals surface area contributed by atoms with Gasteiger partial charge in [-0.3, -0.25) is 0 Å². The molecule has 0 aromatic heterocycles. The molecule has 1 N–H and O–H groups in total. The second-order valence-corrected chi connectivity index (χ2v) is 5.40. The molecule has 20 heavy (non-hydrogen) atoms. The van der Waals surface area contributed by atoms with E-state index in [9.17, 15) is 5.11 Å². The fourth-order valence-electron chi connectivity index (χ4n) is 2.08. The van der Waals surface area contributed by atoms with Crippen LogP contribution in [0.15, 0.2) is 30.3 Å². The van der Waals surface area contributed by atoms with Crippen molar-refractivity contribution in [3.05, 3.63) is 35.9 Å². The molecule has 2 atom stereocenters. The molecule has 0 bridgehead atoms. The zero-order chi connectivity index (χ0) is 14.8. The average Bonchev–Trinajstić information content (AvgIpc) is 2.46. The van der Waals surface area contributed by atoms with Gasteiger partial charge in [0.15, 0.2) is 0 Å². The molecule has 0 spiro atoms. The summed E-state index contributed by atoms with van der Waals surface area (Å²) in [5.41, 5.74) is 0.901. The first-order valence-electron chi connectivity index (χ1n) is 7.59. The van der Waals surface area contributed by atoms with Crippen molar-refractivity contribution < 1.29 is 14.6 Å². The molecular formula is C17H28O3. The highest BCUT2D eigenvalue weighted by Crippen LogP contribution is 2.24. The highest BCUT2D eigenvalue weighted by atomic mass is 16.5. The van der Waals surface area contributed by atoms with Gasteiger partial charge in [-0.15, -0.1) is 0 Å². The Bertz CT molecular complexity index is 337. The number of hydrogen-bond acceptors (Lipinski definition) is 3. The lowest BCUT2D eigenvalue weighted by molar-refractivity contribution is -0.0783. The van der Waals surface area contributed by atoms with Crippen LogP contribution in [0.1, 0.15) is 45.3 Å². The van der Waals surface area contributed by atoms with Gasteiger partial charge in [-0.2, -0.15) is 0 Å². The highest BCUT2D eigenvalue weighted by molar-refractivity contribution is 5.18. The van der Waals surface area contributed by atoms with Crippen molar-refractivity contribution in [3.63, 3.8) is 0 Å². The third-order valence-electron chi connectivity index (χ3n) is 3.29. The average molecular weight is 280 g/mol. The maximum absolute atomic E-state index is 10.4. The number of benzene rings is 1. The summed E-state index contributed by atoms with van der Waals surface area (Å²) in [4.78, 5) is 0. The van der Waals surface area contributed by atoms with Crippen LogP contribution in [0.2, 0.25) is 0 Å². The summed E-state index contributed by atoms with van der Waals surface area (Å²) in [5.74, 6) is 0.251. The lowest BCUT2D eigenvalue weighted by atomic mass is 9.96. The number of aliphatic hydroxyl groups excluding tert-OH is 1. The van der Waals surface area contributed by atoms with Crippen LogP contribution in [0.25, 0.3) is 0 Å². The van der Waals surface area contributed by atoms with Gasteiger partial charge in [0.1, 0.15) is 6.10 Å². The Morgan fingerprint density at radius 3 is 2.35 bits per heavy atom. The van der Waals surface area contributed by atoms with Gasteiger partial charge in [0.05, 0.1) is 19.3 Å². The molecule has 0 saturated heterocycles. The Kier molecular flexibility index (Phi) is 8.51. The van der Waals surface area contributed by atoms with Crippen molar-refractivity contribution in [2.45, 2.75) is 45.8 Å². The van der Waals surface area contributed by atoms with Gasteiger partial charge < -0.3 is 14.6 Å². The predicted octanol–water partition coefficient (Wildman–Crippen LogP) is 3.58. The first-order valence-corrected chi connectivity index (χ1v) is 7.59. The lowest BCUT2D eigenvalue weighted by Gasteiger charge is -2.27. The molecule has 1 aromatic rings. The second-order valence-electron chi connectivity index (χ2n) is 5.40. The van der Waals surface area contributed by atoms with Gasteiger partial charge in [-0.1, -0.05) is 57.5 Å². The second kappa shape index (κ2) is 9.92. The van der Waals surface area contributed by atoms with E-state index in [0.29, 0.717) is 13.2 Å². The molecule has 0 heterocycles. The van der Waals surface area contributed by atoms with Crippen LogP contribution < -0.4 is 0 Å². The number of unbranched alkanes of at least 4 members (excludes halogenated alkanes) is 1. The molecule has 3 heteroatoms. The number of ether oxygens (including phenoxy) is 2. The molecule has 0 aliphatic heterocycles. The Morgan fingerprint density at radius 2 is 1.75 bits per heavy atom. The summed E-state index contributed by atoms with van der Waals surface area (Å²) in [5, 5.41) is 10.4. The summed E-state index contributed by atoms with van der Waals surface area (Å²) in [6.07, 6.45) is 1.43. The first kappa shape index (κ1) is 17.2. The van der Waals surface area contributed by atoms with Crippen LogP contribution in [-0.4, -0.2) is 31.0 Å². The molecule has 2 unspecified atom stereocenters. The van der Waals surface area contributed by atoms with Gasteiger partial charge >= 0.3 is 0 Å². The molecule has 0 amide bonds. The van der Waals surface area contributed by atoms with E-state index < -0.39 is 6.10 Å². The van der Waals surface area contributed by atoms with Gasteiger partial charge in [0.25, 0.3) is 0 Å². The minimum atomic E-state index is -0.591. The molecule has 0 radical (unpaired) electrons. The number of rotatable bonds is 10. The Balaban J connectivity index is 2.40. The van der Waals surface area contributed by atoms with E-state index in [-0.39, 0.29) is 12.0 Å². The van der Waals surface area contributed by atoms with E-state index in [4.69, 9.17) is 9.47 Å². The Labute approximate surface area is 122 Å². The summed E-state index contributed by atoms with van der Waals surface area (Å²) in [6.45, 7) is 8.17. The van der Waals surface area contributed by atoms with E-state index in [1.807, 2.05) is 30.3 Å². The van der Waals surface area contributed by atoms with E-state index in [2.05, 4.69) is 20.8 Å². The monoisotopic (exact) mass is 280 g/mol. The fraction of sp³-hybridized carbons (Fsp3) is 0.647. The largest absolute Gasteiger partial charge is 0.386 e. The van der Waals surface area contributed by atoms with E-state index >= 15 is 0 Å². The van der Waals surface area contributed by atoms with Gasteiger partial charge in [-0.25, -0.2) is 0 Å². The van der Waals surface area contributed by atoms with Crippen molar-refractivity contribution in [2.75, 3.05) is 19.8 Å². The standard InChI is InChI=1S/C17H28O3/c1-4-5-11-19-12-13-20-17(14(2)3)16(18)15-9-7-6-8-10-15/h6-10,14,16-18H,4-5,11-13H2,1-3H3. The molecule has 0 aliphatic rings. The molecule has 3 nitrogen and oxygen atoms in total. The minimum absolute atomic E-state index is 0.202. The van der Waals surface area contributed by atoms with E-state index in [1.165, 1.54) is 0 Å². The summed E-state index contributed by atoms with van der Waals surface area (Å²) < 4.78 is 11.3. The Morgan fingerprint density at radius 1 is 1.05 bits per heavy atom. The third-order valence-corrected chi connectivity index (χ3v) is 3.29. The fourth-order valence-corrected chi connectivity index (χ4v) is 2.08. The summed E-state index contributed by atoms with van der Waals surface area (Å²) in [6, 6.07) is 9.68. The maximum atomic E-state index is 10.4. The predicted molar refractivity (Wildman–Crippen MR) is 81.7 cm³/mol. The topological polar surface area (TPSA) is 38.7 Å². The lowest BCUT2D eigenvalue weighted by Crippen LogP contribution is -2.29. The van der Waals surface area contributed by atoms with Crippen LogP contribution in [0, 0.1) is 5.92 Å². The molecule has 114 valence electrons. The van der Waals surface area contributed by atoms with Crippen LogP contribution >= 0.6 is 0 Å². The van der Waals surface area contributed by atoms with E-state index in [0.717, 1.165) is 25.0 Å². The molecular weight excluding hydrogens is 252 g/mol. The summed E-state index contributed by atoms with van der Waals surface area (Å²) >= 11 is 0. The van der Waals surface area contributed by atoms with Crippen molar-refractivity contribution in [2.24, 2.45) is 5.92 Å². The molecule has 1 rings (SSSR count). The van der Waals surface area contributed by atoms with Crippen molar-refractivity contribution in [1.82, 2.24) is 0 Å². The van der Waals surface area contributed by atoms with E-state index in [1.54, 1.807) is 0 Å². The Hall–Kier alpha value is -0.900. The molecule has 1 aromatic carbocycles. The zero-order valence-electron chi connectivity index (χ0n) is 12.9. The minimum Gasteiger partial charge on any atom is -0.386 e. The SMILES string of the molecule is CCCCOCCOC(C(C)C)C(O)c1ccccc1. The van der Waals surface area contributed by atoms with Crippen LogP contribution in [0.5, 0.6) is 0 Å². The smallest absolute Gasteiger partial charge is 0.105 e. The van der Waals surface area contributed by atoms with Crippen LogP contribution in [0.4, 0.5) is 0 Å². The van der Waals surface area contributed by atoms with Crippen LogP contribution in [0.3, 0.4) is 0 Å². The number of hydrogen-bond donors (Lipinski definition) is 1. The summed E-state index contributed by atoms with van der Waals surface area (Å²) in [7, 11) is 0. The van der Waals surface area contributed by atoms with Gasteiger partial charge in [0.2, 0.25) is 0 Å².